The lowest BCUT2D eigenvalue weighted by atomic mass is 10.0. The molecule has 3 aromatic rings. The Hall–Kier alpha value is -2.08. The smallest absolute Gasteiger partial charge is 0.316 e. The van der Waals surface area contributed by atoms with E-state index in [0.29, 0.717) is 5.16 Å². The highest BCUT2D eigenvalue weighted by molar-refractivity contribution is 7.99. The summed E-state index contributed by atoms with van der Waals surface area (Å²) in [6.45, 7) is 6.26. The van der Waals surface area contributed by atoms with Crippen LogP contribution >= 0.6 is 11.8 Å². The average molecular weight is 315 g/mol. The summed E-state index contributed by atoms with van der Waals surface area (Å²) in [6, 6.07) is 6.35. The van der Waals surface area contributed by atoms with Crippen molar-refractivity contribution in [2.75, 3.05) is 12.9 Å². The van der Waals surface area contributed by atoms with Gasteiger partial charge in [0, 0.05) is 5.39 Å². The monoisotopic (exact) mass is 315 g/mol. The predicted octanol–water partition coefficient (Wildman–Crippen LogP) is 3.07. The minimum absolute atomic E-state index is 0.220. The van der Waals surface area contributed by atoms with Gasteiger partial charge in [0.1, 0.15) is 0 Å². The second-order valence-electron chi connectivity index (χ2n) is 5.35. The Morgan fingerprint density at radius 1 is 1.18 bits per heavy atom. The number of aryl methyl sites for hydroxylation is 3. The Labute approximate surface area is 132 Å². The molecule has 0 saturated carbocycles. The Bertz CT molecular complexity index is 886. The number of benzene rings is 1. The molecule has 114 valence electrons. The van der Waals surface area contributed by atoms with Crippen LogP contribution in [-0.2, 0) is 9.53 Å². The van der Waals surface area contributed by atoms with E-state index in [1.807, 2.05) is 10.5 Å². The molecular formula is C16H17N3O2S. The SMILES string of the molecule is COC(=O)CSc1nnc2cc(C)c3cc(C)cc(C)c3n12. The number of esters is 1. The molecule has 5 nitrogen and oxygen atoms in total. The van der Waals surface area contributed by atoms with Crippen LogP contribution in [0.25, 0.3) is 16.6 Å². The molecule has 0 bridgehead atoms. The molecule has 0 aliphatic heterocycles. The molecule has 0 aliphatic carbocycles. The van der Waals surface area contributed by atoms with Crippen LogP contribution in [-0.4, -0.2) is 33.4 Å². The first-order valence-corrected chi connectivity index (χ1v) is 7.95. The maximum Gasteiger partial charge on any atom is 0.316 e. The Morgan fingerprint density at radius 3 is 2.68 bits per heavy atom. The number of carbonyl (C=O) groups excluding carboxylic acids is 1. The van der Waals surface area contributed by atoms with E-state index in [-0.39, 0.29) is 11.7 Å². The van der Waals surface area contributed by atoms with Crippen molar-refractivity contribution in [3.63, 3.8) is 0 Å². The van der Waals surface area contributed by atoms with Crippen LogP contribution in [0.15, 0.2) is 23.4 Å². The summed E-state index contributed by atoms with van der Waals surface area (Å²) in [7, 11) is 1.39. The second kappa shape index (κ2) is 5.61. The van der Waals surface area contributed by atoms with Crippen molar-refractivity contribution < 1.29 is 9.53 Å². The summed E-state index contributed by atoms with van der Waals surface area (Å²) < 4.78 is 6.71. The minimum Gasteiger partial charge on any atom is -0.468 e. The molecular weight excluding hydrogens is 298 g/mol. The van der Waals surface area contributed by atoms with Gasteiger partial charge in [-0.2, -0.15) is 0 Å². The first kappa shape index (κ1) is 14.8. The first-order valence-electron chi connectivity index (χ1n) is 6.96. The quantitative estimate of drug-likeness (QED) is 0.549. The van der Waals surface area contributed by atoms with Gasteiger partial charge >= 0.3 is 5.97 Å². The van der Waals surface area contributed by atoms with Crippen LogP contribution < -0.4 is 0 Å². The molecule has 2 heterocycles. The van der Waals surface area contributed by atoms with Crippen LogP contribution in [0.5, 0.6) is 0 Å². The zero-order chi connectivity index (χ0) is 15.9. The Kier molecular flexibility index (Phi) is 3.78. The van der Waals surface area contributed by atoms with Crippen molar-refractivity contribution in [2.24, 2.45) is 0 Å². The third-order valence-corrected chi connectivity index (χ3v) is 4.55. The summed E-state index contributed by atoms with van der Waals surface area (Å²) in [5, 5.41) is 10.4. The molecule has 0 amide bonds. The third-order valence-electron chi connectivity index (χ3n) is 3.64. The maximum atomic E-state index is 11.4. The number of thioether (sulfide) groups is 1. The first-order chi connectivity index (χ1) is 10.5. The lowest BCUT2D eigenvalue weighted by Gasteiger charge is -2.11. The van der Waals surface area contributed by atoms with Gasteiger partial charge in [-0.25, -0.2) is 0 Å². The normalized spacial score (nSPS) is 11.3. The summed E-state index contributed by atoms with van der Waals surface area (Å²) in [5.74, 6) is -0.0527. The molecule has 0 saturated heterocycles. The van der Waals surface area contributed by atoms with Gasteiger partial charge in [-0.3, -0.25) is 9.20 Å². The predicted molar refractivity (Wildman–Crippen MR) is 87.4 cm³/mol. The highest BCUT2D eigenvalue weighted by Gasteiger charge is 2.15. The van der Waals surface area contributed by atoms with Crippen molar-refractivity contribution in [1.29, 1.82) is 0 Å². The van der Waals surface area contributed by atoms with Gasteiger partial charge < -0.3 is 4.74 Å². The number of fused-ring (bicyclic) bond motifs is 3. The van der Waals surface area contributed by atoms with Crippen molar-refractivity contribution >= 4 is 34.3 Å². The summed E-state index contributed by atoms with van der Waals surface area (Å²) in [5.41, 5.74) is 5.46. The molecule has 0 spiro atoms. The van der Waals surface area contributed by atoms with E-state index < -0.39 is 0 Å². The Morgan fingerprint density at radius 2 is 1.95 bits per heavy atom. The fourth-order valence-corrected chi connectivity index (χ4v) is 3.47. The number of methoxy groups -OCH3 is 1. The molecule has 0 N–H and O–H groups in total. The number of rotatable bonds is 3. The van der Waals surface area contributed by atoms with Gasteiger partial charge in [0.15, 0.2) is 10.8 Å². The number of pyridine rings is 1. The summed E-state index contributed by atoms with van der Waals surface area (Å²) >= 11 is 1.34. The van der Waals surface area contributed by atoms with E-state index in [0.717, 1.165) is 11.2 Å². The zero-order valence-electron chi connectivity index (χ0n) is 13.0. The van der Waals surface area contributed by atoms with Crippen molar-refractivity contribution in [1.82, 2.24) is 14.6 Å². The summed E-state index contributed by atoms with van der Waals surface area (Å²) in [4.78, 5) is 11.4. The fourth-order valence-electron chi connectivity index (χ4n) is 2.69. The minimum atomic E-state index is -0.272. The molecule has 2 aromatic heterocycles. The van der Waals surface area contributed by atoms with Gasteiger partial charge in [-0.05, 0) is 44.0 Å². The number of carbonyl (C=O) groups is 1. The molecule has 3 rings (SSSR count). The number of hydrogen-bond donors (Lipinski definition) is 0. The molecule has 0 atom stereocenters. The van der Waals surface area contributed by atoms with Gasteiger partial charge in [0.2, 0.25) is 0 Å². The van der Waals surface area contributed by atoms with Gasteiger partial charge in [0.25, 0.3) is 0 Å². The molecule has 0 aliphatic rings. The van der Waals surface area contributed by atoms with E-state index in [4.69, 9.17) is 0 Å². The lowest BCUT2D eigenvalue weighted by Crippen LogP contribution is -2.04. The topological polar surface area (TPSA) is 56.5 Å². The average Bonchev–Trinajstić information content (AvgIpc) is 2.87. The number of nitrogens with zero attached hydrogens (tertiary/aromatic N) is 3. The van der Waals surface area contributed by atoms with Crippen LogP contribution in [0.3, 0.4) is 0 Å². The van der Waals surface area contributed by atoms with Gasteiger partial charge in [-0.1, -0.05) is 23.4 Å². The second-order valence-corrected chi connectivity index (χ2v) is 6.29. The largest absolute Gasteiger partial charge is 0.468 e. The van der Waals surface area contributed by atoms with Gasteiger partial charge in [-0.15, -0.1) is 10.2 Å². The van der Waals surface area contributed by atoms with Crippen molar-refractivity contribution in [2.45, 2.75) is 25.9 Å². The highest BCUT2D eigenvalue weighted by atomic mass is 32.2. The van der Waals surface area contributed by atoms with Gasteiger partial charge in [0.05, 0.1) is 18.4 Å². The van der Waals surface area contributed by atoms with Crippen LogP contribution in [0.4, 0.5) is 0 Å². The third kappa shape index (κ3) is 2.43. The number of hydrogen-bond acceptors (Lipinski definition) is 5. The summed E-state index contributed by atoms with van der Waals surface area (Å²) in [6.07, 6.45) is 0. The van der Waals surface area contributed by atoms with E-state index in [1.54, 1.807) is 0 Å². The fraction of sp³-hybridized carbons (Fsp3) is 0.312. The van der Waals surface area contributed by atoms with E-state index in [2.05, 4.69) is 47.8 Å². The number of ether oxygens (including phenoxy) is 1. The Balaban J connectivity index is 2.24. The van der Waals surface area contributed by atoms with Crippen molar-refractivity contribution in [3.05, 3.63) is 34.9 Å². The molecule has 1 aromatic carbocycles. The zero-order valence-corrected chi connectivity index (χ0v) is 13.8. The molecule has 0 radical (unpaired) electrons. The number of aromatic nitrogens is 3. The molecule has 0 fully saturated rings. The molecule has 22 heavy (non-hydrogen) atoms. The molecule has 6 heteroatoms. The maximum absolute atomic E-state index is 11.4. The van der Waals surface area contributed by atoms with Crippen LogP contribution in [0.2, 0.25) is 0 Å². The van der Waals surface area contributed by atoms with Crippen LogP contribution in [0.1, 0.15) is 16.7 Å². The lowest BCUT2D eigenvalue weighted by molar-refractivity contribution is -0.137. The van der Waals surface area contributed by atoms with E-state index in [1.165, 1.54) is 40.9 Å². The van der Waals surface area contributed by atoms with Crippen molar-refractivity contribution in [3.8, 4) is 0 Å². The van der Waals surface area contributed by atoms with E-state index >= 15 is 0 Å². The standard InChI is InChI=1S/C16H17N3O2S/c1-9-5-11(3)15-12(6-9)10(2)7-13-17-18-16(19(13)15)22-8-14(20)21-4/h5-7H,8H2,1-4H3. The highest BCUT2D eigenvalue weighted by Crippen LogP contribution is 2.29. The van der Waals surface area contributed by atoms with Crippen LogP contribution in [0, 0.1) is 20.8 Å². The van der Waals surface area contributed by atoms with E-state index in [9.17, 15) is 4.79 Å². The molecule has 0 unspecified atom stereocenters.